The first-order valence-corrected chi connectivity index (χ1v) is 10.2. The average molecular weight is 405 g/mol. The van der Waals surface area contributed by atoms with E-state index < -0.39 is 0 Å². The van der Waals surface area contributed by atoms with Gasteiger partial charge in [0.05, 0.1) is 12.5 Å². The molecule has 0 radical (unpaired) electrons. The van der Waals surface area contributed by atoms with Crippen molar-refractivity contribution in [2.24, 2.45) is 0 Å². The number of rotatable bonds is 6. The topological polar surface area (TPSA) is 69.7 Å². The van der Waals surface area contributed by atoms with Gasteiger partial charge in [0.1, 0.15) is 0 Å². The lowest BCUT2D eigenvalue weighted by Gasteiger charge is -2.32. The summed E-state index contributed by atoms with van der Waals surface area (Å²) in [6.07, 6.45) is 3.76. The largest absolute Gasteiger partial charge is 0.339 e. The van der Waals surface area contributed by atoms with Crippen LogP contribution >= 0.6 is 0 Å². The predicted molar refractivity (Wildman–Crippen MR) is 118 cm³/mol. The number of carbonyl (C=O) groups is 3. The number of hydrogen-bond donors (Lipinski definition) is 1. The smallest absolute Gasteiger partial charge is 0.253 e. The van der Waals surface area contributed by atoms with Crippen LogP contribution in [0.4, 0.5) is 5.69 Å². The first kappa shape index (κ1) is 21.3. The normalized spacial score (nSPS) is 14.8. The maximum atomic E-state index is 12.7. The lowest BCUT2D eigenvalue weighted by atomic mass is 9.93. The highest BCUT2D eigenvalue weighted by molar-refractivity contribution is 5.96. The Morgan fingerprint density at radius 3 is 2.30 bits per heavy atom. The summed E-state index contributed by atoms with van der Waals surface area (Å²) in [4.78, 5) is 40.6. The quantitative estimate of drug-likeness (QED) is 0.788. The van der Waals surface area contributed by atoms with Crippen molar-refractivity contribution in [2.45, 2.75) is 33.2 Å². The Labute approximate surface area is 177 Å². The van der Waals surface area contributed by atoms with E-state index in [9.17, 15) is 14.4 Å². The Bertz CT molecular complexity index is 962. The summed E-state index contributed by atoms with van der Waals surface area (Å²) in [6, 6.07) is 14.3. The lowest BCUT2D eigenvalue weighted by Crippen LogP contribution is -2.33. The second kappa shape index (κ2) is 9.39. The molecule has 0 aliphatic carbocycles. The maximum Gasteiger partial charge on any atom is 0.253 e. The average Bonchev–Trinajstić information content (AvgIpc) is 2.75. The number of nitrogens with one attached hydrogen (secondary N) is 1. The Morgan fingerprint density at radius 2 is 1.67 bits per heavy atom. The van der Waals surface area contributed by atoms with E-state index in [1.807, 2.05) is 44.2 Å². The van der Waals surface area contributed by atoms with Crippen molar-refractivity contribution in [1.29, 1.82) is 0 Å². The van der Waals surface area contributed by atoms with Crippen molar-refractivity contribution in [3.63, 3.8) is 0 Å². The van der Waals surface area contributed by atoms with Gasteiger partial charge in [0.2, 0.25) is 11.8 Å². The molecule has 0 fully saturated rings. The third-order valence-electron chi connectivity index (χ3n) is 5.31. The number of fused-ring (bicyclic) bond motifs is 1. The maximum absolute atomic E-state index is 12.7. The van der Waals surface area contributed by atoms with Gasteiger partial charge in [-0.1, -0.05) is 24.3 Å². The van der Waals surface area contributed by atoms with E-state index in [1.165, 1.54) is 6.92 Å². The van der Waals surface area contributed by atoms with Crippen molar-refractivity contribution < 1.29 is 14.4 Å². The number of amides is 3. The van der Waals surface area contributed by atoms with Crippen LogP contribution in [0, 0.1) is 0 Å². The van der Waals surface area contributed by atoms with Crippen LogP contribution in [0.15, 0.2) is 54.7 Å². The standard InChI is InChI=1S/C24H27N3O3/c1-4-26(5-2)24(30)19-10-12-20(13-11-19)25-23(29)16-22-21-9-7-6-8-18(21)14-15-27(22)17(3)28/h6-15,22H,4-5,16H2,1-3H3,(H,25,29)/t22-/m1/s1. The molecule has 2 aromatic rings. The lowest BCUT2D eigenvalue weighted by molar-refractivity contribution is -0.129. The number of benzene rings is 2. The SMILES string of the molecule is CCN(CC)C(=O)c1ccc(NC(=O)C[C@@H]2c3ccccc3C=CN2C(C)=O)cc1. The minimum Gasteiger partial charge on any atom is -0.339 e. The van der Waals surface area contributed by atoms with Gasteiger partial charge in [-0.15, -0.1) is 0 Å². The molecule has 0 bridgehead atoms. The highest BCUT2D eigenvalue weighted by atomic mass is 16.2. The van der Waals surface area contributed by atoms with Crippen molar-refractivity contribution in [2.75, 3.05) is 18.4 Å². The van der Waals surface area contributed by atoms with Gasteiger partial charge in [0.15, 0.2) is 0 Å². The van der Waals surface area contributed by atoms with Crippen molar-refractivity contribution >= 4 is 29.5 Å². The zero-order valence-corrected chi connectivity index (χ0v) is 17.6. The van der Waals surface area contributed by atoms with E-state index in [2.05, 4.69) is 5.32 Å². The highest BCUT2D eigenvalue weighted by Gasteiger charge is 2.28. The third kappa shape index (κ3) is 4.59. The van der Waals surface area contributed by atoms with E-state index in [-0.39, 0.29) is 30.2 Å². The molecule has 1 atom stereocenters. The van der Waals surface area contributed by atoms with Crippen molar-refractivity contribution in [1.82, 2.24) is 9.80 Å². The Hall–Kier alpha value is -3.41. The number of anilines is 1. The minimum atomic E-state index is -0.354. The van der Waals surface area contributed by atoms with Crippen molar-refractivity contribution in [3.8, 4) is 0 Å². The summed E-state index contributed by atoms with van der Waals surface area (Å²) in [6.45, 7) is 6.68. The molecule has 1 heterocycles. The predicted octanol–water partition coefficient (Wildman–Crippen LogP) is 4.07. The molecule has 0 aromatic heterocycles. The van der Waals surface area contributed by atoms with E-state index in [0.717, 1.165) is 11.1 Å². The second-order valence-electron chi connectivity index (χ2n) is 7.19. The molecular weight excluding hydrogens is 378 g/mol. The highest BCUT2D eigenvalue weighted by Crippen LogP contribution is 2.33. The molecule has 0 unspecified atom stereocenters. The van der Waals surface area contributed by atoms with Crippen LogP contribution in [0.3, 0.4) is 0 Å². The summed E-state index contributed by atoms with van der Waals surface area (Å²) in [5.74, 6) is -0.336. The first-order chi connectivity index (χ1) is 14.4. The molecule has 1 N–H and O–H groups in total. The monoisotopic (exact) mass is 405 g/mol. The molecule has 3 rings (SSSR count). The number of hydrogen-bond acceptors (Lipinski definition) is 3. The van der Waals surface area contributed by atoms with Crippen LogP contribution in [0.5, 0.6) is 0 Å². The summed E-state index contributed by atoms with van der Waals surface area (Å²) in [7, 11) is 0. The van der Waals surface area contributed by atoms with Gasteiger partial charge < -0.3 is 15.1 Å². The fourth-order valence-corrected chi connectivity index (χ4v) is 3.69. The van der Waals surface area contributed by atoms with E-state index >= 15 is 0 Å². The molecule has 2 aromatic carbocycles. The second-order valence-corrected chi connectivity index (χ2v) is 7.19. The van der Waals surface area contributed by atoms with Gasteiger partial charge in [-0.3, -0.25) is 14.4 Å². The fourth-order valence-electron chi connectivity index (χ4n) is 3.69. The molecule has 0 saturated heterocycles. The molecule has 3 amide bonds. The molecule has 1 aliphatic rings. The van der Waals surface area contributed by atoms with Crippen molar-refractivity contribution in [3.05, 3.63) is 71.4 Å². The molecule has 1 aliphatic heterocycles. The van der Waals surface area contributed by atoms with Crippen LogP contribution in [0.25, 0.3) is 6.08 Å². The Morgan fingerprint density at radius 1 is 1.00 bits per heavy atom. The Balaban J connectivity index is 1.71. The zero-order valence-electron chi connectivity index (χ0n) is 17.6. The van der Waals surface area contributed by atoms with E-state index in [1.54, 1.807) is 40.3 Å². The summed E-state index contributed by atoms with van der Waals surface area (Å²) in [5.41, 5.74) is 3.16. The molecule has 30 heavy (non-hydrogen) atoms. The fraction of sp³-hybridized carbons (Fsp3) is 0.292. The van der Waals surface area contributed by atoms with Gasteiger partial charge >= 0.3 is 0 Å². The Kier molecular flexibility index (Phi) is 6.67. The minimum absolute atomic E-state index is 0.0272. The molecule has 6 nitrogen and oxygen atoms in total. The summed E-state index contributed by atoms with van der Waals surface area (Å²) in [5, 5.41) is 2.88. The first-order valence-electron chi connectivity index (χ1n) is 10.2. The van der Waals surface area contributed by atoms with Gasteiger partial charge in [-0.05, 0) is 55.3 Å². The van der Waals surface area contributed by atoms with Crippen LogP contribution in [0.1, 0.15) is 54.7 Å². The van der Waals surface area contributed by atoms with Gasteiger partial charge in [-0.25, -0.2) is 0 Å². The molecular formula is C24H27N3O3. The van der Waals surface area contributed by atoms with Gasteiger partial charge in [-0.2, -0.15) is 0 Å². The van der Waals surface area contributed by atoms with Crippen LogP contribution < -0.4 is 5.32 Å². The summed E-state index contributed by atoms with van der Waals surface area (Å²) >= 11 is 0. The number of nitrogens with zero attached hydrogens (tertiary/aromatic N) is 2. The number of carbonyl (C=O) groups excluding carboxylic acids is 3. The molecule has 156 valence electrons. The van der Waals surface area contributed by atoms with Gasteiger partial charge in [0, 0.05) is 37.5 Å². The van der Waals surface area contributed by atoms with Crippen LogP contribution in [-0.2, 0) is 9.59 Å². The van der Waals surface area contributed by atoms with Crippen LogP contribution in [0.2, 0.25) is 0 Å². The van der Waals surface area contributed by atoms with E-state index in [4.69, 9.17) is 0 Å². The zero-order chi connectivity index (χ0) is 21.7. The third-order valence-corrected chi connectivity index (χ3v) is 5.31. The molecule has 6 heteroatoms. The molecule has 0 saturated carbocycles. The van der Waals surface area contributed by atoms with Crippen LogP contribution in [-0.4, -0.2) is 40.6 Å². The van der Waals surface area contributed by atoms with E-state index in [0.29, 0.717) is 24.3 Å². The summed E-state index contributed by atoms with van der Waals surface area (Å²) < 4.78 is 0. The van der Waals surface area contributed by atoms with Gasteiger partial charge in [0.25, 0.3) is 5.91 Å². The molecule has 0 spiro atoms.